The number of hydrogen-bond donors (Lipinski definition) is 1. The van der Waals surface area contributed by atoms with Crippen molar-refractivity contribution in [2.45, 2.75) is 19.8 Å². The summed E-state index contributed by atoms with van der Waals surface area (Å²) in [5.74, 6) is 1.71. The minimum absolute atomic E-state index is 0.0821. The third kappa shape index (κ3) is 5.07. The number of carbonyl (C=O) groups excluding carboxylic acids is 1. The van der Waals surface area contributed by atoms with E-state index in [9.17, 15) is 4.79 Å². The van der Waals surface area contributed by atoms with Gasteiger partial charge in [-0.1, -0.05) is 17.2 Å². The lowest BCUT2D eigenvalue weighted by Crippen LogP contribution is -2.12. The molecule has 1 amide bonds. The van der Waals surface area contributed by atoms with Gasteiger partial charge in [0.2, 0.25) is 11.8 Å². The highest BCUT2D eigenvalue weighted by Gasteiger charge is 2.11. The maximum absolute atomic E-state index is 12.1. The molecule has 0 unspecified atom stereocenters. The van der Waals surface area contributed by atoms with Gasteiger partial charge < -0.3 is 13.9 Å². The number of hydrogen-bond acceptors (Lipinski definition) is 6. The monoisotopic (exact) mass is 367 g/mol. The Morgan fingerprint density at radius 1 is 1.04 bits per heavy atom. The van der Waals surface area contributed by atoms with E-state index in [1.165, 1.54) is 0 Å². The quantitative estimate of drug-likeness (QED) is 0.653. The van der Waals surface area contributed by atoms with E-state index in [1.54, 1.807) is 7.11 Å². The van der Waals surface area contributed by atoms with E-state index >= 15 is 0 Å². The average Bonchev–Trinajstić information content (AvgIpc) is 3.16. The number of aryl methyl sites for hydroxylation is 1. The van der Waals surface area contributed by atoms with E-state index in [2.05, 4.69) is 15.5 Å². The molecule has 0 aliphatic rings. The summed E-state index contributed by atoms with van der Waals surface area (Å²) in [4.78, 5) is 12.1. The number of ether oxygens (including phenoxy) is 2. The molecule has 0 saturated heterocycles. The summed E-state index contributed by atoms with van der Waals surface area (Å²) in [7, 11) is 1.62. The van der Waals surface area contributed by atoms with Gasteiger partial charge in [-0.2, -0.15) is 0 Å². The smallest absolute Gasteiger partial charge is 0.322 e. The van der Waals surface area contributed by atoms with Crippen molar-refractivity contribution in [2.75, 3.05) is 19.0 Å². The van der Waals surface area contributed by atoms with Crippen LogP contribution in [0.1, 0.15) is 18.9 Å². The first kappa shape index (κ1) is 18.4. The number of carbonyl (C=O) groups is 1. The molecule has 1 aromatic heterocycles. The van der Waals surface area contributed by atoms with Crippen LogP contribution in [0.3, 0.4) is 0 Å². The van der Waals surface area contributed by atoms with E-state index in [4.69, 9.17) is 13.9 Å². The van der Waals surface area contributed by atoms with E-state index in [0.717, 1.165) is 22.6 Å². The fourth-order valence-corrected chi connectivity index (χ4v) is 2.48. The van der Waals surface area contributed by atoms with Crippen LogP contribution in [0.4, 0.5) is 6.01 Å². The molecule has 2 aromatic carbocycles. The van der Waals surface area contributed by atoms with E-state index in [-0.39, 0.29) is 11.9 Å². The van der Waals surface area contributed by atoms with Gasteiger partial charge >= 0.3 is 6.01 Å². The number of nitrogens with zero attached hydrogens (tertiary/aromatic N) is 2. The zero-order valence-electron chi connectivity index (χ0n) is 15.3. The molecule has 7 nitrogen and oxygen atoms in total. The Hall–Kier alpha value is -3.35. The van der Waals surface area contributed by atoms with Crippen LogP contribution in [0, 0.1) is 0 Å². The number of aromatic nitrogens is 2. The lowest BCUT2D eigenvalue weighted by Gasteiger charge is -2.03. The highest BCUT2D eigenvalue weighted by Crippen LogP contribution is 2.22. The van der Waals surface area contributed by atoms with E-state index in [0.29, 0.717) is 25.3 Å². The molecule has 0 saturated carbocycles. The highest BCUT2D eigenvalue weighted by molar-refractivity contribution is 5.88. The molecule has 0 fully saturated rings. The van der Waals surface area contributed by atoms with Crippen LogP contribution in [0.25, 0.3) is 11.5 Å². The molecule has 27 heavy (non-hydrogen) atoms. The van der Waals surface area contributed by atoms with Gasteiger partial charge in [0, 0.05) is 12.0 Å². The Morgan fingerprint density at radius 2 is 1.74 bits per heavy atom. The molecule has 140 valence electrons. The number of nitrogens with one attached hydrogen (secondary N) is 1. The Labute approximate surface area is 157 Å². The van der Waals surface area contributed by atoms with Crippen molar-refractivity contribution >= 4 is 11.9 Å². The van der Waals surface area contributed by atoms with Crippen LogP contribution in [-0.4, -0.2) is 29.8 Å². The minimum Gasteiger partial charge on any atom is -0.497 e. The number of anilines is 1. The van der Waals surface area contributed by atoms with Crippen molar-refractivity contribution in [3.63, 3.8) is 0 Å². The maximum Gasteiger partial charge on any atom is 0.322 e. The van der Waals surface area contributed by atoms with Gasteiger partial charge in [-0.25, -0.2) is 0 Å². The van der Waals surface area contributed by atoms with E-state index in [1.807, 2.05) is 55.5 Å². The maximum atomic E-state index is 12.1. The van der Waals surface area contributed by atoms with Gasteiger partial charge in [0.25, 0.3) is 0 Å². The number of methoxy groups -OCH3 is 1. The highest BCUT2D eigenvalue weighted by atomic mass is 16.5. The second kappa shape index (κ2) is 8.84. The van der Waals surface area contributed by atoms with Crippen LogP contribution in [0.15, 0.2) is 52.9 Å². The first-order valence-electron chi connectivity index (χ1n) is 8.67. The molecule has 0 aliphatic heterocycles. The van der Waals surface area contributed by atoms with Gasteiger partial charge in [-0.3, -0.25) is 10.1 Å². The Kier molecular flexibility index (Phi) is 6.04. The zero-order chi connectivity index (χ0) is 19.1. The molecule has 0 bridgehead atoms. The number of rotatable bonds is 8. The molecule has 3 rings (SSSR count). The van der Waals surface area contributed by atoms with Gasteiger partial charge in [-0.05, 0) is 55.3 Å². The summed E-state index contributed by atoms with van der Waals surface area (Å²) in [6.45, 7) is 2.53. The fraction of sp³-hybridized carbons (Fsp3) is 0.250. The summed E-state index contributed by atoms with van der Waals surface area (Å²) in [5, 5.41) is 10.5. The molecule has 1 N–H and O–H groups in total. The van der Waals surface area contributed by atoms with Gasteiger partial charge in [0.1, 0.15) is 11.5 Å². The Balaban J connectivity index is 1.54. The molecule has 0 radical (unpaired) electrons. The normalized spacial score (nSPS) is 10.4. The number of amides is 1. The van der Waals surface area contributed by atoms with Crippen molar-refractivity contribution in [1.82, 2.24) is 10.2 Å². The third-order valence-electron chi connectivity index (χ3n) is 3.88. The summed E-state index contributed by atoms with van der Waals surface area (Å²) >= 11 is 0. The second-order valence-electron chi connectivity index (χ2n) is 5.77. The molecular weight excluding hydrogens is 346 g/mol. The molecule has 7 heteroatoms. The average molecular weight is 367 g/mol. The van der Waals surface area contributed by atoms with Gasteiger partial charge in [0.15, 0.2) is 0 Å². The van der Waals surface area contributed by atoms with Crippen molar-refractivity contribution in [2.24, 2.45) is 0 Å². The van der Waals surface area contributed by atoms with Gasteiger partial charge in [0.05, 0.1) is 13.7 Å². The zero-order valence-corrected chi connectivity index (χ0v) is 15.3. The Morgan fingerprint density at radius 3 is 2.41 bits per heavy atom. The standard InChI is InChI=1S/C20H21N3O4/c1-3-26-17-11-7-15(8-12-17)19-22-23-20(27-19)21-18(24)13-6-14-4-9-16(25-2)10-5-14/h4-5,7-12H,3,6,13H2,1-2H3,(H,21,23,24). The summed E-state index contributed by atoms with van der Waals surface area (Å²) in [6, 6.07) is 15.0. The molecule has 0 aliphatic carbocycles. The Bertz CT molecular complexity index is 873. The lowest BCUT2D eigenvalue weighted by atomic mass is 10.1. The predicted molar refractivity (Wildman–Crippen MR) is 101 cm³/mol. The first-order chi connectivity index (χ1) is 13.2. The summed E-state index contributed by atoms with van der Waals surface area (Å²) in [5.41, 5.74) is 1.80. The first-order valence-corrected chi connectivity index (χ1v) is 8.67. The molecule has 1 heterocycles. The van der Waals surface area contributed by atoms with Gasteiger partial charge in [-0.15, -0.1) is 5.10 Å². The third-order valence-corrected chi connectivity index (χ3v) is 3.88. The summed E-state index contributed by atoms with van der Waals surface area (Å²) < 4.78 is 16.0. The summed E-state index contributed by atoms with van der Waals surface area (Å²) in [6.07, 6.45) is 0.919. The van der Waals surface area contributed by atoms with Crippen molar-refractivity contribution in [3.8, 4) is 23.0 Å². The fourth-order valence-electron chi connectivity index (χ4n) is 2.48. The topological polar surface area (TPSA) is 86.5 Å². The van der Waals surface area contributed by atoms with Crippen LogP contribution in [0.5, 0.6) is 11.5 Å². The van der Waals surface area contributed by atoms with Crippen molar-refractivity contribution in [3.05, 3.63) is 54.1 Å². The second-order valence-corrected chi connectivity index (χ2v) is 5.77. The van der Waals surface area contributed by atoms with Crippen LogP contribution in [-0.2, 0) is 11.2 Å². The molecule has 0 spiro atoms. The van der Waals surface area contributed by atoms with Crippen LogP contribution in [0.2, 0.25) is 0 Å². The molecule has 3 aromatic rings. The SMILES string of the molecule is CCOc1ccc(-c2nnc(NC(=O)CCc3ccc(OC)cc3)o2)cc1. The number of benzene rings is 2. The molecule has 0 atom stereocenters. The largest absolute Gasteiger partial charge is 0.497 e. The lowest BCUT2D eigenvalue weighted by molar-refractivity contribution is -0.116. The van der Waals surface area contributed by atoms with Crippen molar-refractivity contribution in [1.29, 1.82) is 0 Å². The van der Waals surface area contributed by atoms with Crippen molar-refractivity contribution < 1.29 is 18.7 Å². The van der Waals surface area contributed by atoms with Crippen LogP contribution >= 0.6 is 0 Å². The van der Waals surface area contributed by atoms with E-state index < -0.39 is 0 Å². The van der Waals surface area contributed by atoms with Crippen LogP contribution < -0.4 is 14.8 Å². The molecular formula is C20H21N3O4. The minimum atomic E-state index is -0.187. The predicted octanol–water partition coefficient (Wildman–Crippen LogP) is 3.72.